The number of hydrogen-bond acceptors (Lipinski definition) is 3. The Balaban J connectivity index is 0.00000200. The molecule has 2 heterocycles. The Bertz CT molecular complexity index is 556. The Labute approximate surface area is 125 Å². The predicted molar refractivity (Wildman–Crippen MR) is 81.4 cm³/mol. The molecule has 1 saturated heterocycles. The standard InChI is InChI=1S/C14H21N3O2.ClH/c1-9-7-13(18)12(8-16(9)3)14(19)17-5-4-11(15)6-10(17)2;/h7-8,10-11H,4-6,15H2,1-3H3;1H/t10-,11-;/m1./s1. The summed E-state index contributed by atoms with van der Waals surface area (Å²) in [6.45, 7) is 4.45. The lowest BCUT2D eigenvalue weighted by Crippen LogP contribution is -2.49. The van der Waals surface area contributed by atoms with E-state index < -0.39 is 0 Å². The molecule has 20 heavy (non-hydrogen) atoms. The maximum absolute atomic E-state index is 12.5. The molecule has 0 radical (unpaired) electrons. The average Bonchev–Trinajstić information content (AvgIpc) is 2.33. The molecule has 0 unspecified atom stereocenters. The minimum absolute atomic E-state index is 0. The maximum atomic E-state index is 12.5. The van der Waals surface area contributed by atoms with Crippen LogP contribution < -0.4 is 11.2 Å². The highest BCUT2D eigenvalue weighted by Crippen LogP contribution is 2.17. The summed E-state index contributed by atoms with van der Waals surface area (Å²) < 4.78 is 1.80. The zero-order valence-corrected chi connectivity index (χ0v) is 12.9. The van der Waals surface area contributed by atoms with E-state index in [0.717, 1.165) is 18.5 Å². The van der Waals surface area contributed by atoms with E-state index in [9.17, 15) is 9.59 Å². The van der Waals surface area contributed by atoms with Crippen molar-refractivity contribution >= 4 is 18.3 Å². The molecule has 2 rings (SSSR count). The molecule has 1 aromatic rings. The van der Waals surface area contributed by atoms with Gasteiger partial charge in [0.15, 0.2) is 5.43 Å². The number of carbonyl (C=O) groups is 1. The first-order valence-electron chi connectivity index (χ1n) is 6.64. The van der Waals surface area contributed by atoms with Crippen LogP contribution in [0.3, 0.4) is 0 Å². The Hall–Kier alpha value is -1.33. The van der Waals surface area contributed by atoms with Crippen molar-refractivity contribution in [2.24, 2.45) is 12.8 Å². The normalized spacial score (nSPS) is 22.3. The number of amides is 1. The van der Waals surface area contributed by atoms with Crippen molar-refractivity contribution in [3.05, 3.63) is 33.7 Å². The molecule has 0 aliphatic carbocycles. The number of rotatable bonds is 1. The monoisotopic (exact) mass is 299 g/mol. The number of hydrogen-bond donors (Lipinski definition) is 1. The van der Waals surface area contributed by atoms with Gasteiger partial charge in [0, 0.05) is 43.6 Å². The van der Waals surface area contributed by atoms with Gasteiger partial charge in [0.1, 0.15) is 5.56 Å². The molecule has 1 aliphatic rings. The summed E-state index contributed by atoms with van der Waals surface area (Å²) in [4.78, 5) is 26.2. The lowest BCUT2D eigenvalue weighted by Gasteiger charge is -2.36. The highest BCUT2D eigenvalue weighted by molar-refractivity contribution is 5.94. The maximum Gasteiger partial charge on any atom is 0.259 e. The molecule has 6 heteroatoms. The van der Waals surface area contributed by atoms with E-state index in [2.05, 4.69) is 0 Å². The van der Waals surface area contributed by atoms with Gasteiger partial charge in [-0.05, 0) is 26.7 Å². The summed E-state index contributed by atoms with van der Waals surface area (Å²) in [6, 6.07) is 1.75. The smallest absolute Gasteiger partial charge is 0.259 e. The highest BCUT2D eigenvalue weighted by Gasteiger charge is 2.28. The molecule has 0 saturated carbocycles. The summed E-state index contributed by atoms with van der Waals surface area (Å²) in [5, 5.41) is 0. The zero-order chi connectivity index (χ0) is 14.2. The van der Waals surface area contributed by atoms with Crippen molar-refractivity contribution in [1.29, 1.82) is 0 Å². The first-order chi connectivity index (χ1) is 8.90. The second-order valence-corrected chi connectivity index (χ2v) is 5.44. The molecule has 1 aromatic heterocycles. The third-order valence-corrected chi connectivity index (χ3v) is 3.89. The van der Waals surface area contributed by atoms with Crippen molar-refractivity contribution in [3.8, 4) is 0 Å². The van der Waals surface area contributed by atoms with E-state index >= 15 is 0 Å². The second-order valence-electron chi connectivity index (χ2n) is 5.44. The predicted octanol–water partition coefficient (Wildman–Crippen LogP) is 1.07. The SMILES string of the molecule is Cc1cc(=O)c(C(=O)N2CC[C@@H](N)C[C@H]2C)cn1C.Cl. The molecule has 0 aromatic carbocycles. The summed E-state index contributed by atoms with van der Waals surface area (Å²) in [5.74, 6) is -0.181. The molecule has 1 amide bonds. The van der Waals surface area contributed by atoms with Gasteiger partial charge < -0.3 is 15.2 Å². The Morgan fingerprint density at radius 3 is 2.70 bits per heavy atom. The van der Waals surface area contributed by atoms with Crippen LogP contribution in [0, 0.1) is 6.92 Å². The van der Waals surface area contributed by atoms with Gasteiger partial charge in [-0.2, -0.15) is 0 Å². The molecule has 1 fully saturated rings. The van der Waals surface area contributed by atoms with Crippen molar-refractivity contribution in [3.63, 3.8) is 0 Å². The third kappa shape index (κ3) is 3.22. The van der Waals surface area contributed by atoms with Gasteiger partial charge in [0.05, 0.1) is 0 Å². The van der Waals surface area contributed by atoms with E-state index in [0.29, 0.717) is 6.54 Å². The molecule has 0 bridgehead atoms. The largest absolute Gasteiger partial charge is 0.354 e. The molecule has 1 aliphatic heterocycles. The van der Waals surface area contributed by atoms with Gasteiger partial charge in [0.2, 0.25) is 0 Å². The number of likely N-dealkylation sites (tertiary alicyclic amines) is 1. The number of carbonyl (C=O) groups excluding carboxylic acids is 1. The lowest BCUT2D eigenvalue weighted by molar-refractivity contribution is 0.0617. The molecule has 5 nitrogen and oxygen atoms in total. The van der Waals surface area contributed by atoms with Crippen LogP contribution >= 0.6 is 12.4 Å². The fraction of sp³-hybridized carbons (Fsp3) is 0.571. The molecule has 112 valence electrons. The van der Waals surface area contributed by atoms with Crippen LogP contribution in [-0.2, 0) is 7.05 Å². The number of aryl methyl sites for hydroxylation is 2. The van der Waals surface area contributed by atoms with E-state index in [-0.39, 0.29) is 41.4 Å². The Morgan fingerprint density at radius 1 is 1.45 bits per heavy atom. The lowest BCUT2D eigenvalue weighted by atomic mass is 9.98. The zero-order valence-electron chi connectivity index (χ0n) is 12.1. The van der Waals surface area contributed by atoms with Gasteiger partial charge in [-0.25, -0.2) is 0 Å². The van der Waals surface area contributed by atoms with Crippen LogP contribution in [0.1, 0.15) is 35.8 Å². The van der Waals surface area contributed by atoms with Crippen molar-refractivity contribution in [2.75, 3.05) is 6.54 Å². The number of aromatic nitrogens is 1. The fourth-order valence-electron chi connectivity index (χ4n) is 2.55. The summed E-state index contributed by atoms with van der Waals surface area (Å²) in [5.41, 5.74) is 6.78. The van der Waals surface area contributed by atoms with Crippen LogP contribution in [0.25, 0.3) is 0 Å². The van der Waals surface area contributed by atoms with E-state index in [1.165, 1.54) is 6.07 Å². The minimum Gasteiger partial charge on any atom is -0.354 e. The summed E-state index contributed by atoms with van der Waals surface area (Å²) in [7, 11) is 1.83. The Morgan fingerprint density at radius 2 is 2.10 bits per heavy atom. The van der Waals surface area contributed by atoms with Gasteiger partial charge in [-0.15, -0.1) is 12.4 Å². The van der Waals surface area contributed by atoms with Gasteiger partial charge in [-0.1, -0.05) is 0 Å². The van der Waals surface area contributed by atoms with Crippen molar-refractivity contribution < 1.29 is 4.79 Å². The van der Waals surface area contributed by atoms with Crippen LogP contribution in [0.5, 0.6) is 0 Å². The van der Waals surface area contributed by atoms with E-state index in [1.807, 2.05) is 20.9 Å². The number of nitrogens with two attached hydrogens (primary N) is 1. The Kier molecular flexibility index (Phi) is 5.36. The van der Waals surface area contributed by atoms with Crippen LogP contribution in [0.4, 0.5) is 0 Å². The minimum atomic E-state index is -0.206. The third-order valence-electron chi connectivity index (χ3n) is 3.89. The van der Waals surface area contributed by atoms with E-state index in [4.69, 9.17) is 5.73 Å². The molecular weight excluding hydrogens is 278 g/mol. The molecular formula is C14H22ClN3O2. The van der Waals surface area contributed by atoms with E-state index in [1.54, 1.807) is 15.7 Å². The topological polar surface area (TPSA) is 68.3 Å². The van der Waals surface area contributed by atoms with Crippen molar-refractivity contribution in [1.82, 2.24) is 9.47 Å². The quantitative estimate of drug-likeness (QED) is 0.843. The van der Waals surface area contributed by atoms with Crippen LogP contribution in [0.15, 0.2) is 17.1 Å². The molecule has 0 spiro atoms. The average molecular weight is 300 g/mol. The van der Waals surface area contributed by atoms with Crippen LogP contribution in [-0.4, -0.2) is 34.0 Å². The summed E-state index contributed by atoms with van der Waals surface area (Å²) in [6.07, 6.45) is 3.21. The summed E-state index contributed by atoms with van der Waals surface area (Å²) >= 11 is 0. The van der Waals surface area contributed by atoms with Gasteiger partial charge in [0.25, 0.3) is 5.91 Å². The number of piperidine rings is 1. The van der Waals surface area contributed by atoms with Gasteiger partial charge >= 0.3 is 0 Å². The highest BCUT2D eigenvalue weighted by atomic mass is 35.5. The molecule has 2 N–H and O–H groups in total. The van der Waals surface area contributed by atoms with Gasteiger partial charge in [-0.3, -0.25) is 9.59 Å². The fourth-order valence-corrected chi connectivity index (χ4v) is 2.55. The number of nitrogens with zero attached hydrogens (tertiary/aromatic N) is 2. The first kappa shape index (κ1) is 16.7. The molecule has 2 atom stereocenters. The van der Waals surface area contributed by atoms with Crippen molar-refractivity contribution in [2.45, 2.75) is 38.8 Å². The second kappa shape index (κ2) is 6.41. The number of halogens is 1. The first-order valence-corrected chi connectivity index (χ1v) is 6.64. The number of pyridine rings is 1. The van der Waals surface area contributed by atoms with Crippen LogP contribution in [0.2, 0.25) is 0 Å².